The first kappa shape index (κ1) is 18.8. The fourth-order valence-electron chi connectivity index (χ4n) is 4.71. The molecule has 2 aliphatic carbocycles. The topological polar surface area (TPSA) is 87.7 Å². The zero-order valence-electron chi connectivity index (χ0n) is 16.5. The number of aromatic nitrogens is 3. The van der Waals surface area contributed by atoms with Crippen LogP contribution in [0.2, 0.25) is 0 Å². The number of amides is 1. The maximum atomic E-state index is 13.1. The van der Waals surface area contributed by atoms with Crippen LogP contribution in [-0.2, 0) is 6.42 Å². The number of aryl methyl sites for hydroxylation is 1. The van der Waals surface area contributed by atoms with Crippen LogP contribution in [0, 0.1) is 12.8 Å². The van der Waals surface area contributed by atoms with Crippen LogP contribution in [0.25, 0.3) is 0 Å². The number of Topliss-reactive ketones (excluding diaryl/α,β-unsaturated/α-hetero) is 1. The van der Waals surface area contributed by atoms with E-state index in [1.165, 1.54) is 32.1 Å². The highest BCUT2D eigenvalue weighted by molar-refractivity contribution is 6.04. The fraction of sp³-hybridized carbons (Fsp3) is 0.545. The first-order chi connectivity index (χ1) is 13.6. The molecule has 2 aliphatic rings. The smallest absolute Gasteiger partial charge is 0.268 e. The van der Waals surface area contributed by atoms with Crippen LogP contribution in [0.4, 0.5) is 0 Å². The highest BCUT2D eigenvalue weighted by Crippen LogP contribution is 2.32. The number of H-pyrrole nitrogens is 1. The third kappa shape index (κ3) is 3.86. The number of carbonyl (C=O) groups is 2. The van der Waals surface area contributed by atoms with Gasteiger partial charge in [0.05, 0.1) is 6.04 Å². The Bertz CT molecular complexity index is 853. The van der Waals surface area contributed by atoms with Crippen LogP contribution in [-0.4, -0.2) is 26.6 Å². The number of rotatable bonds is 5. The van der Waals surface area contributed by atoms with Crippen molar-refractivity contribution >= 4 is 11.7 Å². The van der Waals surface area contributed by atoms with Gasteiger partial charge >= 0.3 is 0 Å². The van der Waals surface area contributed by atoms with Gasteiger partial charge in [-0.15, -0.1) is 0 Å². The van der Waals surface area contributed by atoms with E-state index in [0.29, 0.717) is 23.9 Å². The van der Waals surface area contributed by atoms with Crippen molar-refractivity contribution in [3.05, 3.63) is 46.8 Å². The highest BCUT2D eigenvalue weighted by Gasteiger charge is 2.29. The van der Waals surface area contributed by atoms with E-state index < -0.39 is 0 Å². The van der Waals surface area contributed by atoms with Crippen molar-refractivity contribution in [3.63, 3.8) is 0 Å². The van der Waals surface area contributed by atoms with E-state index in [9.17, 15) is 9.59 Å². The summed E-state index contributed by atoms with van der Waals surface area (Å²) in [6.07, 6.45) is 12.7. The summed E-state index contributed by atoms with van der Waals surface area (Å²) in [4.78, 5) is 37.4. The third-order valence-electron chi connectivity index (χ3n) is 6.16. The number of nitrogens with zero attached hydrogens (tertiary/aromatic N) is 2. The summed E-state index contributed by atoms with van der Waals surface area (Å²) in [5.74, 6) is 1.21. The minimum absolute atomic E-state index is 0.138. The van der Waals surface area contributed by atoms with Gasteiger partial charge in [0.2, 0.25) is 0 Å². The van der Waals surface area contributed by atoms with E-state index >= 15 is 0 Å². The lowest BCUT2D eigenvalue weighted by Crippen LogP contribution is -2.32. The summed E-state index contributed by atoms with van der Waals surface area (Å²) in [7, 11) is 0. The number of ketones is 1. The molecule has 0 radical (unpaired) electrons. The predicted molar refractivity (Wildman–Crippen MR) is 106 cm³/mol. The molecule has 2 aromatic heterocycles. The zero-order chi connectivity index (χ0) is 19.5. The molecule has 1 amide bonds. The largest absolute Gasteiger partial charge is 0.354 e. The minimum atomic E-state index is -0.216. The molecule has 148 valence electrons. The second-order valence-corrected chi connectivity index (χ2v) is 8.13. The average molecular weight is 380 g/mol. The van der Waals surface area contributed by atoms with Crippen molar-refractivity contribution in [1.29, 1.82) is 0 Å². The maximum Gasteiger partial charge on any atom is 0.268 e. The normalized spacial score (nSPS) is 18.5. The second-order valence-electron chi connectivity index (χ2n) is 8.13. The third-order valence-corrected chi connectivity index (χ3v) is 6.16. The molecule has 2 N–H and O–H groups in total. The number of carbonyl (C=O) groups excluding carboxylic acids is 2. The van der Waals surface area contributed by atoms with Gasteiger partial charge in [0.25, 0.3) is 5.91 Å². The van der Waals surface area contributed by atoms with Crippen LogP contribution in [0.15, 0.2) is 18.5 Å². The van der Waals surface area contributed by atoms with Gasteiger partial charge in [0, 0.05) is 30.1 Å². The van der Waals surface area contributed by atoms with Crippen LogP contribution < -0.4 is 5.32 Å². The van der Waals surface area contributed by atoms with Crippen LogP contribution in [0.3, 0.4) is 0 Å². The van der Waals surface area contributed by atoms with E-state index in [1.54, 1.807) is 18.5 Å². The van der Waals surface area contributed by atoms with Gasteiger partial charge in [0.15, 0.2) is 5.78 Å². The Kier molecular flexibility index (Phi) is 5.55. The summed E-state index contributed by atoms with van der Waals surface area (Å²) < 4.78 is 0. The first-order valence-electron chi connectivity index (χ1n) is 10.5. The van der Waals surface area contributed by atoms with Gasteiger partial charge < -0.3 is 10.3 Å². The molecule has 0 bridgehead atoms. The van der Waals surface area contributed by atoms with Gasteiger partial charge in [-0.05, 0) is 43.7 Å². The number of hydrogen-bond donors (Lipinski definition) is 2. The lowest BCUT2D eigenvalue weighted by molar-refractivity contribution is 0.0920. The summed E-state index contributed by atoms with van der Waals surface area (Å²) in [5, 5.41) is 3.16. The summed E-state index contributed by atoms with van der Waals surface area (Å²) in [6.45, 7) is 1.86. The molecule has 2 aromatic rings. The Labute approximate surface area is 165 Å². The van der Waals surface area contributed by atoms with Crippen molar-refractivity contribution in [3.8, 4) is 0 Å². The fourth-order valence-corrected chi connectivity index (χ4v) is 4.71. The quantitative estimate of drug-likeness (QED) is 0.818. The Morgan fingerprint density at radius 2 is 1.93 bits per heavy atom. The van der Waals surface area contributed by atoms with Crippen LogP contribution in [0.1, 0.15) is 95.3 Å². The molecule has 6 nitrogen and oxygen atoms in total. The predicted octanol–water partition coefficient (Wildman–Crippen LogP) is 4.07. The highest BCUT2D eigenvalue weighted by atomic mass is 16.2. The molecule has 0 aliphatic heterocycles. The molecule has 4 rings (SSSR count). The van der Waals surface area contributed by atoms with E-state index in [1.807, 2.05) is 6.92 Å². The molecular weight excluding hydrogens is 352 g/mol. The second kappa shape index (κ2) is 8.25. The number of aromatic amines is 1. The Morgan fingerprint density at radius 1 is 1.18 bits per heavy atom. The molecule has 1 atom stereocenters. The molecular formula is C22H28N4O2. The van der Waals surface area contributed by atoms with Gasteiger partial charge in [-0.2, -0.15) is 0 Å². The molecule has 0 aromatic carbocycles. The Balaban J connectivity index is 1.56. The summed E-state index contributed by atoms with van der Waals surface area (Å²) >= 11 is 0. The van der Waals surface area contributed by atoms with Crippen molar-refractivity contribution in [2.75, 3.05) is 0 Å². The van der Waals surface area contributed by atoms with E-state index in [-0.39, 0.29) is 17.7 Å². The van der Waals surface area contributed by atoms with Gasteiger partial charge in [-0.1, -0.05) is 32.1 Å². The minimum Gasteiger partial charge on any atom is -0.354 e. The van der Waals surface area contributed by atoms with Crippen LogP contribution >= 0.6 is 0 Å². The zero-order valence-corrected chi connectivity index (χ0v) is 16.5. The van der Waals surface area contributed by atoms with Gasteiger partial charge in [0.1, 0.15) is 11.5 Å². The Hall–Kier alpha value is -2.50. The summed E-state index contributed by atoms with van der Waals surface area (Å²) in [6, 6.07) is 1.57. The van der Waals surface area contributed by atoms with Crippen molar-refractivity contribution < 1.29 is 9.59 Å². The number of nitrogens with one attached hydrogen (secondary N) is 2. The molecule has 1 unspecified atom stereocenters. The lowest BCUT2D eigenvalue weighted by atomic mass is 9.84. The molecule has 1 saturated carbocycles. The summed E-state index contributed by atoms with van der Waals surface area (Å²) in [5.41, 5.74) is 2.89. The molecule has 0 saturated heterocycles. The van der Waals surface area contributed by atoms with Crippen molar-refractivity contribution in [2.45, 2.75) is 70.8 Å². The first-order valence-corrected chi connectivity index (χ1v) is 10.5. The number of fused-ring (bicyclic) bond motifs is 1. The molecule has 28 heavy (non-hydrogen) atoms. The molecule has 6 heteroatoms. The molecule has 0 spiro atoms. The van der Waals surface area contributed by atoms with Gasteiger partial charge in [-0.3, -0.25) is 9.59 Å². The number of hydrogen-bond acceptors (Lipinski definition) is 4. The molecule has 2 heterocycles. The lowest BCUT2D eigenvalue weighted by Gasteiger charge is -2.26. The monoisotopic (exact) mass is 380 g/mol. The van der Waals surface area contributed by atoms with Crippen molar-refractivity contribution in [1.82, 2.24) is 20.3 Å². The SMILES string of the molecule is Cc1c(C(=O)NC(CC2CCCCC2)c2ncccn2)[nH]c2c1C(=O)CCC2. The maximum absolute atomic E-state index is 13.1. The van der Waals surface area contributed by atoms with E-state index in [2.05, 4.69) is 20.3 Å². The standard InChI is InChI=1S/C22H28N4O2/c1-14-19-16(9-5-10-18(19)27)25-20(14)22(28)26-17(21-23-11-6-12-24-21)13-15-7-3-2-4-8-15/h6,11-12,15,17,25H,2-5,7-10,13H2,1H3,(H,26,28). The van der Waals surface area contributed by atoms with E-state index in [4.69, 9.17) is 0 Å². The average Bonchev–Trinajstić information content (AvgIpc) is 3.07. The molecule has 1 fully saturated rings. The van der Waals surface area contributed by atoms with Crippen LogP contribution in [0.5, 0.6) is 0 Å². The van der Waals surface area contributed by atoms with Gasteiger partial charge in [-0.25, -0.2) is 9.97 Å². The Morgan fingerprint density at radius 3 is 2.64 bits per heavy atom. The van der Waals surface area contributed by atoms with Crippen molar-refractivity contribution in [2.24, 2.45) is 5.92 Å². The van der Waals surface area contributed by atoms with E-state index in [0.717, 1.165) is 36.1 Å².